The van der Waals surface area contributed by atoms with E-state index in [0.29, 0.717) is 6.42 Å². The van der Waals surface area contributed by atoms with Crippen LogP contribution in [0.2, 0.25) is 0 Å². The maximum absolute atomic E-state index is 8.55. The van der Waals surface area contributed by atoms with Crippen LogP contribution in [0.5, 0.6) is 0 Å². The second kappa shape index (κ2) is 9.96. The van der Waals surface area contributed by atoms with Gasteiger partial charge in [-0.3, -0.25) is 0 Å². The van der Waals surface area contributed by atoms with Gasteiger partial charge in [0.1, 0.15) is 0 Å². The first-order valence-corrected chi connectivity index (χ1v) is 4.42. The van der Waals surface area contributed by atoms with Crippen LogP contribution in [0, 0.1) is 0 Å². The van der Waals surface area contributed by atoms with Gasteiger partial charge in [-0.05, 0) is 6.42 Å². The molecule has 0 aliphatic heterocycles. The molecule has 68 valence electrons. The SMILES string of the molecule is [2H]C([2H])([2H])C([2H])([2H])CCCCCCCCO. The Kier molecular flexibility index (Phi) is 4.40. The largest absolute Gasteiger partial charge is 0.396 e. The summed E-state index contributed by atoms with van der Waals surface area (Å²) in [7, 11) is 0. The topological polar surface area (TPSA) is 20.2 Å². The molecule has 11 heavy (non-hydrogen) atoms. The normalized spacial score (nSPS) is 19.5. The van der Waals surface area contributed by atoms with E-state index in [0.717, 1.165) is 32.1 Å². The minimum atomic E-state index is -2.51. The van der Waals surface area contributed by atoms with Crippen molar-refractivity contribution in [3.05, 3.63) is 0 Å². The molecule has 1 N–H and O–H groups in total. The molecule has 0 aliphatic carbocycles. The van der Waals surface area contributed by atoms with Crippen LogP contribution < -0.4 is 0 Å². The average Bonchev–Trinajstić information content (AvgIpc) is 2.14. The van der Waals surface area contributed by atoms with Crippen molar-refractivity contribution in [1.29, 1.82) is 0 Å². The number of rotatable bonds is 8. The maximum Gasteiger partial charge on any atom is 0.0431 e. The first kappa shape index (κ1) is 4.86. The van der Waals surface area contributed by atoms with E-state index in [2.05, 4.69) is 0 Å². The molecule has 0 fully saturated rings. The smallest absolute Gasteiger partial charge is 0.0431 e. The molecule has 1 heteroatoms. The molecule has 0 aliphatic rings. The third-order valence-corrected chi connectivity index (χ3v) is 1.71. The van der Waals surface area contributed by atoms with Gasteiger partial charge in [0.2, 0.25) is 0 Å². The van der Waals surface area contributed by atoms with Gasteiger partial charge in [0.25, 0.3) is 0 Å². The number of aliphatic hydroxyl groups is 1. The Morgan fingerprint density at radius 2 is 1.55 bits per heavy atom. The molecular weight excluding hydrogens is 136 g/mol. The number of aliphatic hydroxyl groups excluding tert-OH is 1. The molecule has 0 radical (unpaired) electrons. The summed E-state index contributed by atoms with van der Waals surface area (Å²) in [5.74, 6) is 0. The Morgan fingerprint density at radius 1 is 1.00 bits per heavy atom. The second-order valence-corrected chi connectivity index (χ2v) is 2.77. The van der Waals surface area contributed by atoms with Crippen molar-refractivity contribution in [3.63, 3.8) is 0 Å². The summed E-state index contributed by atoms with van der Waals surface area (Å²) in [6, 6.07) is 0. The summed E-state index contributed by atoms with van der Waals surface area (Å²) >= 11 is 0. The number of hydrogen-bond donors (Lipinski definition) is 1. The predicted molar refractivity (Wildman–Crippen MR) is 49.7 cm³/mol. The lowest BCUT2D eigenvalue weighted by molar-refractivity contribution is 0.282. The summed E-state index contributed by atoms with van der Waals surface area (Å²) in [6.07, 6.45) is 3.33. The first-order valence-electron chi connectivity index (χ1n) is 6.92. The predicted octanol–water partition coefficient (Wildman–Crippen LogP) is 3.12. The number of unbranched alkanes of at least 4 members (excludes halogenated alkanes) is 5. The van der Waals surface area contributed by atoms with Gasteiger partial charge >= 0.3 is 0 Å². The lowest BCUT2D eigenvalue weighted by Gasteiger charge is -1.98. The lowest BCUT2D eigenvalue weighted by Crippen LogP contribution is -1.83. The van der Waals surface area contributed by atoms with Gasteiger partial charge in [-0.1, -0.05) is 51.7 Å². The molecular formula is C10H22O. The summed E-state index contributed by atoms with van der Waals surface area (Å²) < 4.78 is 35.9. The molecule has 0 atom stereocenters. The minimum Gasteiger partial charge on any atom is -0.396 e. The number of hydrogen-bond acceptors (Lipinski definition) is 1. The Balaban J connectivity index is 3.51. The van der Waals surface area contributed by atoms with Crippen LogP contribution in [0.25, 0.3) is 0 Å². The van der Waals surface area contributed by atoms with Crippen molar-refractivity contribution in [3.8, 4) is 0 Å². The summed E-state index contributed by atoms with van der Waals surface area (Å²) in [5.41, 5.74) is 0. The molecule has 0 aromatic carbocycles. The monoisotopic (exact) mass is 163 g/mol. The zero-order valence-electron chi connectivity index (χ0n) is 12.1. The van der Waals surface area contributed by atoms with Gasteiger partial charge in [0, 0.05) is 13.5 Å². The highest BCUT2D eigenvalue weighted by molar-refractivity contribution is 4.44. The van der Waals surface area contributed by atoms with Crippen molar-refractivity contribution in [1.82, 2.24) is 0 Å². The van der Waals surface area contributed by atoms with Crippen molar-refractivity contribution < 1.29 is 12.0 Å². The van der Waals surface area contributed by atoms with E-state index in [1.165, 1.54) is 0 Å². The van der Waals surface area contributed by atoms with Gasteiger partial charge < -0.3 is 5.11 Å². The molecule has 0 saturated heterocycles. The highest BCUT2D eigenvalue weighted by Gasteiger charge is 1.89. The molecule has 0 rings (SSSR count). The van der Waals surface area contributed by atoms with Crippen LogP contribution in [-0.4, -0.2) is 11.7 Å². The molecule has 0 amide bonds. The van der Waals surface area contributed by atoms with Crippen molar-refractivity contribution in [2.45, 2.75) is 58.2 Å². The van der Waals surface area contributed by atoms with E-state index in [9.17, 15) is 0 Å². The van der Waals surface area contributed by atoms with Gasteiger partial charge in [-0.25, -0.2) is 0 Å². The van der Waals surface area contributed by atoms with Crippen LogP contribution in [0.15, 0.2) is 0 Å². The highest BCUT2D eigenvalue weighted by Crippen LogP contribution is 2.07. The fourth-order valence-corrected chi connectivity index (χ4v) is 1.03. The molecule has 0 bridgehead atoms. The van der Waals surface area contributed by atoms with Gasteiger partial charge in [0.15, 0.2) is 0 Å². The van der Waals surface area contributed by atoms with Crippen LogP contribution >= 0.6 is 0 Å². The van der Waals surface area contributed by atoms with E-state index < -0.39 is 13.2 Å². The van der Waals surface area contributed by atoms with E-state index in [1.54, 1.807) is 0 Å². The quantitative estimate of drug-likeness (QED) is 0.545. The van der Waals surface area contributed by atoms with Gasteiger partial charge in [-0.2, -0.15) is 0 Å². The Bertz CT molecular complexity index is 179. The Hall–Kier alpha value is -0.0400. The molecule has 0 aromatic heterocycles. The van der Waals surface area contributed by atoms with Gasteiger partial charge in [-0.15, -0.1) is 0 Å². The fraction of sp³-hybridized carbons (Fsp3) is 1.00. The molecule has 0 heterocycles. The summed E-state index contributed by atoms with van der Waals surface area (Å²) in [4.78, 5) is 0. The van der Waals surface area contributed by atoms with E-state index in [4.69, 9.17) is 12.0 Å². The third-order valence-electron chi connectivity index (χ3n) is 1.71. The zero-order valence-corrected chi connectivity index (χ0v) is 7.10. The minimum absolute atomic E-state index is 0.101. The Morgan fingerprint density at radius 3 is 2.09 bits per heavy atom. The molecule has 1 nitrogen and oxygen atoms in total. The van der Waals surface area contributed by atoms with E-state index in [-0.39, 0.29) is 13.0 Å². The van der Waals surface area contributed by atoms with Crippen molar-refractivity contribution in [2.75, 3.05) is 6.61 Å². The first-order chi connectivity index (χ1) is 7.31. The average molecular weight is 163 g/mol. The van der Waals surface area contributed by atoms with Crippen LogP contribution in [0.4, 0.5) is 0 Å². The van der Waals surface area contributed by atoms with Crippen molar-refractivity contribution in [2.24, 2.45) is 0 Å². The Labute approximate surface area is 77.8 Å². The van der Waals surface area contributed by atoms with Crippen LogP contribution in [0.1, 0.15) is 65.0 Å². The van der Waals surface area contributed by atoms with E-state index in [1.807, 2.05) is 0 Å². The molecule has 0 unspecified atom stereocenters. The molecule has 0 spiro atoms. The van der Waals surface area contributed by atoms with Crippen LogP contribution in [-0.2, 0) is 0 Å². The maximum atomic E-state index is 8.55. The highest BCUT2D eigenvalue weighted by atomic mass is 16.2. The standard InChI is InChI=1S/C10H22O/c1-2-3-4-5-6-7-8-9-10-11/h11H,2-10H2,1H3/i1D3,2D2. The van der Waals surface area contributed by atoms with Crippen molar-refractivity contribution >= 4 is 0 Å². The van der Waals surface area contributed by atoms with E-state index >= 15 is 0 Å². The lowest BCUT2D eigenvalue weighted by atomic mass is 10.1. The molecule has 0 saturated carbocycles. The zero-order chi connectivity index (χ0) is 12.7. The summed E-state index contributed by atoms with van der Waals surface area (Å²) in [6.45, 7) is -2.29. The molecule has 0 aromatic rings. The van der Waals surface area contributed by atoms with Crippen LogP contribution in [0.3, 0.4) is 0 Å². The second-order valence-electron chi connectivity index (χ2n) is 2.77. The fourth-order valence-electron chi connectivity index (χ4n) is 1.03. The summed E-state index contributed by atoms with van der Waals surface area (Å²) in [5, 5.41) is 8.55. The van der Waals surface area contributed by atoms with Gasteiger partial charge in [0.05, 0.1) is 0 Å². The third kappa shape index (κ3) is 9.96.